The number of carbonyl (C=O) groups excluding carboxylic acids is 1. The van der Waals surface area contributed by atoms with E-state index < -0.39 is 49.1 Å². The Kier molecular flexibility index (Phi) is 8.31. The Morgan fingerprint density at radius 2 is 1.67 bits per heavy atom. The molecular formula is C28H27F6N3O2. The summed E-state index contributed by atoms with van der Waals surface area (Å²) < 4.78 is 87.2. The maximum absolute atomic E-state index is 13.9. The molecule has 11 heteroatoms. The second-order valence-corrected chi connectivity index (χ2v) is 9.65. The monoisotopic (exact) mass is 551 g/mol. The minimum Gasteiger partial charge on any atom is -0.346 e. The lowest BCUT2D eigenvalue weighted by molar-refractivity contribution is -0.159. The van der Waals surface area contributed by atoms with Crippen LogP contribution in [0, 0.1) is 0 Å². The number of nitrogens with zero attached hydrogens (tertiary/aromatic N) is 2. The van der Waals surface area contributed by atoms with Crippen LogP contribution in [0.1, 0.15) is 42.8 Å². The van der Waals surface area contributed by atoms with E-state index in [4.69, 9.17) is 4.74 Å². The van der Waals surface area contributed by atoms with Gasteiger partial charge >= 0.3 is 12.6 Å². The molecule has 1 aromatic heterocycles. The van der Waals surface area contributed by atoms with Crippen LogP contribution in [0.3, 0.4) is 0 Å². The van der Waals surface area contributed by atoms with E-state index in [-0.39, 0.29) is 12.2 Å². The van der Waals surface area contributed by atoms with E-state index in [0.29, 0.717) is 22.3 Å². The fourth-order valence-corrected chi connectivity index (χ4v) is 4.77. The molecule has 0 spiro atoms. The van der Waals surface area contributed by atoms with E-state index in [9.17, 15) is 31.1 Å². The van der Waals surface area contributed by atoms with Gasteiger partial charge in [-0.25, -0.2) is 4.39 Å². The lowest BCUT2D eigenvalue weighted by atomic mass is 9.99. The molecule has 1 unspecified atom stereocenters. The van der Waals surface area contributed by atoms with Crippen molar-refractivity contribution in [1.82, 2.24) is 15.2 Å². The van der Waals surface area contributed by atoms with Crippen LogP contribution in [0.2, 0.25) is 0 Å². The smallest absolute Gasteiger partial charge is 0.346 e. The number of pyridine rings is 1. The molecule has 4 rings (SSSR count). The van der Waals surface area contributed by atoms with Gasteiger partial charge in [-0.05, 0) is 36.6 Å². The van der Waals surface area contributed by atoms with Crippen molar-refractivity contribution in [2.24, 2.45) is 0 Å². The molecule has 1 aliphatic rings. The van der Waals surface area contributed by atoms with Crippen molar-refractivity contribution < 1.29 is 35.9 Å². The number of nitrogens with one attached hydrogen (secondary N) is 1. The first-order valence-corrected chi connectivity index (χ1v) is 12.2. The third-order valence-electron chi connectivity index (χ3n) is 6.59. The SMILES string of the molecule is CC1(C)O[C@H](c2ccc(-c3ccc(C(NCc4ccccc4)C(F)(F)F)nc3)cc2)[C@H](CF)N1C(=O)C(F)F. The third-order valence-corrected chi connectivity index (χ3v) is 6.59. The molecule has 1 aliphatic heterocycles. The number of ether oxygens (including phenoxy) is 1. The highest BCUT2D eigenvalue weighted by molar-refractivity contribution is 5.80. The molecule has 0 saturated carbocycles. The Labute approximate surface area is 221 Å². The van der Waals surface area contributed by atoms with Crippen molar-refractivity contribution in [3.63, 3.8) is 0 Å². The average molecular weight is 552 g/mol. The molecule has 0 bridgehead atoms. The second-order valence-electron chi connectivity index (χ2n) is 9.65. The normalized spacial score (nSPS) is 19.9. The van der Waals surface area contributed by atoms with Gasteiger partial charge in [-0.3, -0.25) is 15.1 Å². The Hall–Kier alpha value is -3.44. The molecular weight excluding hydrogens is 524 g/mol. The Morgan fingerprint density at radius 1 is 1.03 bits per heavy atom. The van der Waals surface area contributed by atoms with Crippen molar-refractivity contribution in [3.05, 3.63) is 89.7 Å². The molecule has 1 N–H and O–H groups in total. The Balaban J connectivity index is 1.51. The largest absolute Gasteiger partial charge is 0.409 e. The summed E-state index contributed by atoms with van der Waals surface area (Å²) in [7, 11) is 0. The number of hydrogen-bond donors (Lipinski definition) is 1. The summed E-state index contributed by atoms with van der Waals surface area (Å²) in [4.78, 5) is 16.8. The maximum Gasteiger partial charge on any atom is 0.409 e. The van der Waals surface area contributed by atoms with E-state index >= 15 is 0 Å². The first kappa shape index (κ1) is 28.6. The number of amides is 1. The minimum atomic E-state index is -4.56. The minimum absolute atomic E-state index is 0.0101. The van der Waals surface area contributed by atoms with Gasteiger partial charge in [0.1, 0.15) is 24.5 Å². The van der Waals surface area contributed by atoms with Gasteiger partial charge in [-0.2, -0.15) is 22.0 Å². The molecule has 1 amide bonds. The van der Waals surface area contributed by atoms with Crippen molar-refractivity contribution in [2.45, 2.75) is 56.9 Å². The zero-order chi connectivity index (χ0) is 28.4. The summed E-state index contributed by atoms with van der Waals surface area (Å²) >= 11 is 0. The molecule has 3 aromatic rings. The van der Waals surface area contributed by atoms with Gasteiger partial charge in [-0.1, -0.05) is 60.7 Å². The van der Waals surface area contributed by atoms with E-state index in [1.807, 2.05) is 0 Å². The predicted octanol–water partition coefficient (Wildman–Crippen LogP) is 6.38. The number of carbonyl (C=O) groups is 1. The number of benzene rings is 2. The molecule has 2 aromatic carbocycles. The van der Waals surface area contributed by atoms with Gasteiger partial charge in [0.05, 0.1) is 11.7 Å². The number of hydrogen-bond acceptors (Lipinski definition) is 4. The van der Waals surface area contributed by atoms with Gasteiger partial charge < -0.3 is 9.64 Å². The van der Waals surface area contributed by atoms with Crippen molar-refractivity contribution in [1.29, 1.82) is 0 Å². The highest BCUT2D eigenvalue weighted by Gasteiger charge is 2.52. The van der Waals surface area contributed by atoms with Crippen LogP contribution in [0.5, 0.6) is 0 Å². The average Bonchev–Trinajstić information content (AvgIpc) is 3.18. The van der Waals surface area contributed by atoms with Crippen molar-refractivity contribution in [3.8, 4) is 11.1 Å². The zero-order valence-corrected chi connectivity index (χ0v) is 21.1. The first-order valence-electron chi connectivity index (χ1n) is 12.2. The second kappa shape index (κ2) is 11.4. The van der Waals surface area contributed by atoms with E-state index in [0.717, 1.165) is 4.90 Å². The van der Waals surface area contributed by atoms with Gasteiger partial charge in [0.25, 0.3) is 5.91 Å². The summed E-state index contributed by atoms with van der Waals surface area (Å²) in [5, 5.41) is 2.52. The maximum atomic E-state index is 13.9. The van der Waals surface area contributed by atoms with Gasteiger partial charge in [-0.15, -0.1) is 0 Å². The van der Waals surface area contributed by atoms with Gasteiger partial charge in [0.2, 0.25) is 0 Å². The standard InChI is InChI=1S/C28H27F6N3O2/c1-27(2)37(26(38)25(30)31)22(14-29)23(39-27)19-10-8-18(9-11-19)20-12-13-21(35-16-20)24(28(32,33)34)36-15-17-6-4-3-5-7-17/h3-13,16,22-25,36H,14-15H2,1-2H3/t22-,23+,24?/m0/s1. The predicted molar refractivity (Wildman–Crippen MR) is 132 cm³/mol. The summed E-state index contributed by atoms with van der Waals surface area (Å²) in [5.41, 5.74) is 0.694. The third kappa shape index (κ3) is 6.25. The van der Waals surface area contributed by atoms with Crippen molar-refractivity contribution in [2.75, 3.05) is 6.67 Å². The lowest BCUT2D eigenvalue weighted by Crippen LogP contribution is -2.51. The highest BCUT2D eigenvalue weighted by atomic mass is 19.4. The van der Waals surface area contributed by atoms with E-state index in [2.05, 4.69) is 10.3 Å². The van der Waals surface area contributed by atoms with E-state index in [1.54, 1.807) is 54.6 Å². The van der Waals surface area contributed by atoms with Crippen LogP contribution >= 0.6 is 0 Å². The summed E-state index contributed by atoms with van der Waals surface area (Å²) in [6.07, 6.45) is -7.52. The molecule has 0 aliphatic carbocycles. The van der Waals surface area contributed by atoms with Crippen LogP contribution in [0.15, 0.2) is 72.9 Å². The topological polar surface area (TPSA) is 54.5 Å². The molecule has 1 fully saturated rings. The van der Waals surface area contributed by atoms with Gasteiger partial charge in [0.15, 0.2) is 0 Å². The fourth-order valence-electron chi connectivity index (χ4n) is 4.77. The number of halogens is 6. The quantitative estimate of drug-likeness (QED) is 0.330. The van der Waals surface area contributed by atoms with Gasteiger partial charge in [0, 0.05) is 18.3 Å². The van der Waals surface area contributed by atoms with Crippen LogP contribution in [-0.4, -0.2) is 46.8 Å². The van der Waals surface area contributed by atoms with Crippen LogP contribution in [0.25, 0.3) is 11.1 Å². The molecule has 5 nitrogen and oxygen atoms in total. The fraction of sp³-hybridized carbons (Fsp3) is 0.357. The zero-order valence-electron chi connectivity index (χ0n) is 21.1. The first-order chi connectivity index (χ1) is 18.4. The number of alkyl halides is 6. The number of aromatic nitrogens is 1. The molecule has 208 valence electrons. The van der Waals surface area contributed by atoms with Crippen LogP contribution < -0.4 is 5.32 Å². The summed E-state index contributed by atoms with van der Waals surface area (Å²) in [5.74, 6) is -1.51. The Bertz CT molecular complexity index is 1250. The van der Waals surface area contributed by atoms with Crippen LogP contribution in [0.4, 0.5) is 26.3 Å². The lowest BCUT2D eigenvalue weighted by Gasteiger charge is -2.32. The molecule has 0 radical (unpaired) electrons. The summed E-state index contributed by atoms with van der Waals surface area (Å²) in [6.45, 7) is 1.76. The molecule has 3 atom stereocenters. The molecule has 39 heavy (non-hydrogen) atoms. The highest BCUT2D eigenvalue weighted by Crippen LogP contribution is 2.42. The van der Waals surface area contributed by atoms with E-state index in [1.165, 1.54) is 32.2 Å². The molecule has 2 heterocycles. The van der Waals surface area contributed by atoms with Crippen LogP contribution in [-0.2, 0) is 16.1 Å². The van der Waals surface area contributed by atoms with Crippen molar-refractivity contribution >= 4 is 5.91 Å². The summed E-state index contributed by atoms with van der Waals surface area (Å²) in [6, 6.07) is 14.8. The number of rotatable bonds is 8. The molecule has 1 saturated heterocycles. The Morgan fingerprint density at radius 3 is 2.21 bits per heavy atom.